The molecule has 3 nitrogen and oxygen atoms in total. The van der Waals surface area contributed by atoms with E-state index in [4.69, 9.17) is 0 Å². The fraction of sp³-hybridized carbons (Fsp3) is 0.571. The molecule has 0 aliphatic carbocycles. The number of ketones is 1. The molecule has 1 unspecified atom stereocenters. The van der Waals surface area contributed by atoms with Gasteiger partial charge >= 0.3 is 0 Å². The Hall–Kier alpha value is -1.38. The molecule has 1 fully saturated rings. The van der Waals surface area contributed by atoms with Gasteiger partial charge in [0.2, 0.25) is 0 Å². The molecule has 1 aromatic heterocycles. The molecule has 0 aromatic carbocycles. The molecule has 92 valence electrons. The molecule has 0 bridgehead atoms. The Morgan fingerprint density at radius 1 is 1.53 bits per heavy atom. The first kappa shape index (κ1) is 12.1. The van der Waals surface area contributed by atoms with Crippen molar-refractivity contribution in [3.8, 4) is 0 Å². The zero-order valence-corrected chi connectivity index (χ0v) is 10.8. The summed E-state index contributed by atoms with van der Waals surface area (Å²) in [6, 6.07) is 4.26. The highest BCUT2D eigenvalue weighted by Crippen LogP contribution is 2.28. The van der Waals surface area contributed by atoms with Crippen molar-refractivity contribution in [3.05, 3.63) is 23.9 Å². The molecule has 1 saturated heterocycles. The van der Waals surface area contributed by atoms with Crippen LogP contribution < -0.4 is 4.90 Å². The van der Waals surface area contributed by atoms with E-state index in [0.29, 0.717) is 12.0 Å². The van der Waals surface area contributed by atoms with Crippen LogP contribution in [0.5, 0.6) is 0 Å². The quantitative estimate of drug-likeness (QED) is 0.751. The van der Waals surface area contributed by atoms with Gasteiger partial charge in [0.25, 0.3) is 0 Å². The number of hydrogen-bond acceptors (Lipinski definition) is 3. The molecule has 0 N–H and O–H groups in total. The van der Waals surface area contributed by atoms with Gasteiger partial charge in [-0.05, 0) is 37.8 Å². The molecule has 1 aliphatic rings. The lowest BCUT2D eigenvalue weighted by molar-refractivity contribution is 0.101. The van der Waals surface area contributed by atoms with Crippen molar-refractivity contribution in [1.82, 2.24) is 4.98 Å². The molecule has 1 aliphatic heterocycles. The normalized spacial score (nSPS) is 20.0. The van der Waals surface area contributed by atoms with E-state index in [2.05, 4.69) is 23.7 Å². The van der Waals surface area contributed by atoms with Crippen molar-refractivity contribution in [2.75, 3.05) is 11.4 Å². The van der Waals surface area contributed by atoms with Crippen molar-refractivity contribution in [2.45, 2.75) is 39.7 Å². The topological polar surface area (TPSA) is 33.2 Å². The zero-order chi connectivity index (χ0) is 12.4. The Kier molecular flexibility index (Phi) is 3.46. The van der Waals surface area contributed by atoms with Gasteiger partial charge < -0.3 is 4.90 Å². The third-order valence-electron chi connectivity index (χ3n) is 3.52. The highest BCUT2D eigenvalue weighted by Gasteiger charge is 2.28. The lowest BCUT2D eigenvalue weighted by atomic mass is 10.0. The highest BCUT2D eigenvalue weighted by molar-refractivity contribution is 5.94. The predicted octanol–water partition coefficient (Wildman–Crippen LogP) is 2.91. The summed E-state index contributed by atoms with van der Waals surface area (Å²) in [5, 5.41) is 0. The Bertz CT molecular complexity index is 414. The molecule has 3 heteroatoms. The second-order valence-corrected chi connectivity index (χ2v) is 5.11. The van der Waals surface area contributed by atoms with E-state index in [-0.39, 0.29) is 5.78 Å². The number of aromatic nitrogens is 1. The number of Topliss-reactive ketones (excluding diaryl/α,β-unsaturated/α-hetero) is 1. The third-order valence-corrected chi connectivity index (χ3v) is 3.52. The maximum absolute atomic E-state index is 11.4. The van der Waals surface area contributed by atoms with Crippen LogP contribution in [0.15, 0.2) is 18.3 Å². The van der Waals surface area contributed by atoms with Crippen LogP contribution in [0.1, 0.15) is 44.0 Å². The highest BCUT2D eigenvalue weighted by atomic mass is 16.1. The molecule has 0 spiro atoms. The van der Waals surface area contributed by atoms with Crippen LogP contribution in [0.4, 0.5) is 5.82 Å². The minimum atomic E-state index is 0.106. The minimum Gasteiger partial charge on any atom is -0.353 e. The third kappa shape index (κ3) is 2.48. The largest absolute Gasteiger partial charge is 0.353 e. The fourth-order valence-corrected chi connectivity index (χ4v) is 2.56. The van der Waals surface area contributed by atoms with Gasteiger partial charge in [-0.3, -0.25) is 4.79 Å². The first-order chi connectivity index (χ1) is 8.09. The maximum Gasteiger partial charge on any atom is 0.159 e. The number of carbonyl (C=O) groups is 1. The molecule has 1 aromatic rings. The van der Waals surface area contributed by atoms with Crippen molar-refractivity contribution in [2.24, 2.45) is 5.92 Å². The average Bonchev–Trinajstić information content (AvgIpc) is 2.78. The molecular weight excluding hydrogens is 212 g/mol. The summed E-state index contributed by atoms with van der Waals surface area (Å²) >= 11 is 0. The molecule has 17 heavy (non-hydrogen) atoms. The van der Waals surface area contributed by atoms with Crippen LogP contribution in [0.25, 0.3) is 0 Å². The van der Waals surface area contributed by atoms with Gasteiger partial charge in [-0.2, -0.15) is 0 Å². The van der Waals surface area contributed by atoms with Gasteiger partial charge in [0.1, 0.15) is 5.82 Å². The average molecular weight is 232 g/mol. The van der Waals surface area contributed by atoms with E-state index in [9.17, 15) is 4.79 Å². The monoisotopic (exact) mass is 232 g/mol. The lowest BCUT2D eigenvalue weighted by Gasteiger charge is -2.28. The molecule has 0 amide bonds. The maximum atomic E-state index is 11.4. The SMILES string of the molecule is CC(=O)c1ccnc(N2CCCC2C(C)C)c1. The van der Waals surface area contributed by atoms with Gasteiger partial charge in [0, 0.05) is 24.3 Å². The summed E-state index contributed by atoms with van der Waals surface area (Å²) in [7, 11) is 0. The summed E-state index contributed by atoms with van der Waals surface area (Å²) in [5.41, 5.74) is 0.754. The minimum absolute atomic E-state index is 0.106. The van der Waals surface area contributed by atoms with E-state index in [0.717, 1.165) is 17.9 Å². The van der Waals surface area contributed by atoms with Gasteiger partial charge in [0.05, 0.1) is 0 Å². The number of carbonyl (C=O) groups excluding carboxylic acids is 1. The lowest BCUT2D eigenvalue weighted by Crippen LogP contribution is -2.34. The van der Waals surface area contributed by atoms with E-state index in [1.54, 1.807) is 19.2 Å². The number of nitrogens with zero attached hydrogens (tertiary/aromatic N) is 2. The summed E-state index contributed by atoms with van der Waals surface area (Å²) in [5.74, 6) is 1.68. The molecular formula is C14H20N2O. The van der Waals surface area contributed by atoms with E-state index < -0.39 is 0 Å². The molecule has 0 saturated carbocycles. The van der Waals surface area contributed by atoms with Crippen molar-refractivity contribution < 1.29 is 4.79 Å². The standard InChI is InChI=1S/C14H20N2O/c1-10(2)13-5-4-8-16(13)14-9-12(11(3)17)6-7-15-14/h6-7,9-10,13H,4-5,8H2,1-3H3. The summed E-state index contributed by atoms with van der Waals surface area (Å²) in [4.78, 5) is 18.1. The Labute approximate surface area is 103 Å². The van der Waals surface area contributed by atoms with Crippen LogP contribution >= 0.6 is 0 Å². The predicted molar refractivity (Wildman–Crippen MR) is 69.4 cm³/mol. The zero-order valence-electron chi connectivity index (χ0n) is 10.8. The number of rotatable bonds is 3. The molecule has 0 radical (unpaired) electrons. The van der Waals surface area contributed by atoms with Crippen LogP contribution in [0.3, 0.4) is 0 Å². The first-order valence-corrected chi connectivity index (χ1v) is 6.33. The number of anilines is 1. The van der Waals surface area contributed by atoms with Crippen LogP contribution in [-0.4, -0.2) is 23.4 Å². The molecule has 1 atom stereocenters. The Morgan fingerprint density at radius 3 is 2.94 bits per heavy atom. The number of hydrogen-bond donors (Lipinski definition) is 0. The van der Waals surface area contributed by atoms with Crippen LogP contribution in [0, 0.1) is 5.92 Å². The second-order valence-electron chi connectivity index (χ2n) is 5.11. The van der Waals surface area contributed by atoms with Gasteiger partial charge in [0.15, 0.2) is 5.78 Å². The van der Waals surface area contributed by atoms with Crippen LogP contribution in [-0.2, 0) is 0 Å². The summed E-state index contributed by atoms with van der Waals surface area (Å²) in [6.07, 6.45) is 4.18. The van der Waals surface area contributed by atoms with E-state index in [1.165, 1.54) is 12.8 Å². The van der Waals surface area contributed by atoms with Crippen molar-refractivity contribution >= 4 is 11.6 Å². The molecule has 2 heterocycles. The summed E-state index contributed by atoms with van der Waals surface area (Å²) in [6.45, 7) is 7.15. The second kappa shape index (κ2) is 4.86. The fourth-order valence-electron chi connectivity index (χ4n) is 2.56. The van der Waals surface area contributed by atoms with E-state index >= 15 is 0 Å². The first-order valence-electron chi connectivity index (χ1n) is 6.33. The summed E-state index contributed by atoms with van der Waals surface area (Å²) < 4.78 is 0. The Balaban J connectivity index is 2.27. The van der Waals surface area contributed by atoms with Crippen molar-refractivity contribution in [3.63, 3.8) is 0 Å². The number of pyridine rings is 1. The van der Waals surface area contributed by atoms with Gasteiger partial charge in [-0.1, -0.05) is 13.8 Å². The van der Waals surface area contributed by atoms with Crippen LogP contribution in [0.2, 0.25) is 0 Å². The van der Waals surface area contributed by atoms with Gasteiger partial charge in [-0.25, -0.2) is 4.98 Å². The van der Waals surface area contributed by atoms with Gasteiger partial charge in [-0.15, -0.1) is 0 Å². The smallest absolute Gasteiger partial charge is 0.159 e. The molecule has 2 rings (SSSR count). The Morgan fingerprint density at radius 2 is 2.29 bits per heavy atom. The van der Waals surface area contributed by atoms with Crippen molar-refractivity contribution in [1.29, 1.82) is 0 Å². The van der Waals surface area contributed by atoms with E-state index in [1.807, 2.05) is 6.07 Å².